The summed E-state index contributed by atoms with van der Waals surface area (Å²) in [6.45, 7) is 8.74. The van der Waals surface area contributed by atoms with E-state index < -0.39 is 0 Å². The molecule has 2 N–H and O–H groups in total. The summed E-state index contributed by atoms with van der Waals surface area (Å²) in [6, 6.07) is 19.2. The molecule has 6 rings (SSSR count). The van der Waals surface area contributed by atoms with Crippen LogP contribution in [-0.2, 0) is 0 Å². The summed E-state index contributed by atoms with van der Waals surface area (Å²) in [5.41, 5.74) is 9.50. The SMILES string of the molecule is C/C=C\C.CN1CCN(C2CCC(n3cc(-c4ccc(Oc5ccccc5)cc4)c4c(N)ncnc43)CC2)CC1. The van der Waals surface area contributed by atoms with Crippen LogP contribution in [0.5, 0.6) is 11.5 Å². The molecule has 1 saturated heterocycles. The van der Waals surface area contributed by atoms with Crippen molar-refractivity contribution in [1.29, 1.82) is 0 Å². The number of allylic oxidation sites excluding steroid dienone is 2. The Morgan fingerprint density at radius 3 is 2.08 bits per heavy atom. The van der Waals surface area contributed by atoms with Crippen molar-refractivity contribution in [2.45, 2.75) is 51.6 Å². The van der Waals surface area contributed by atoms with Crippen molar-refractivity contribution < 1.29 is 4.74 Å². The van der Waals surface area contributed by atoms with Crippen molar-refractivity contribution in [3.63, 3.8) is 0 Å². The van der Waals surface area contributed by atoms with Gasteiger partial charge in [-0.3, -0.25) is 4.90 Å². The van der Waals surface area contributed by atoms with Gasteiger partial charge in [-0.2, -0.15) is 0 Å². The molecule has 2 aromatic heterocycles. The van der Waals surface area contributed by atoms with Crippen LogP contribution < -0.4 is 10.5 Å². The van der Waals surface area contributed by atoms with Gasteiger partial charge >= 0.3 is 0 Å². The van der Waals surface area contributed by atoms with Crippen LogP contribution in [0.3, 0.4) is 0 Å². The average Bonchev–Trinajstić information content (AvgIpc) is 3.40. The van der Waals surface area contributed by atoms with Gasteiger partial charge in [0.05, 0.1) is 5.39 Å². The monoisotopic (exact) mass is 538 g/mol. The molecule has 0 amide bonds. The number of hydrogen-bond acceptors (Lipinski definition) is 6. The molecule has 2 aromatic carbocycles. The first-order valence-electron chi connectivity index (χ1n) is 14.5. The largest absolute Gasteiger partial charge is 0.457 e. The Morgan fingerprint density at radius 2 is 1.43 bits per heavy atom. The van der Waals surface area contributed by atoms with E-state index in [9.17, 15) is 0 Å². The maximum atomic E-state index is 6.40. The molecule has 4 aromatic rings. The third-order valence-electron chi connectivity index (χ3n) is 8.23. The standard InChI is InChI=1S/C29H34N6O.C4H8/c1-33-15-17-34(18-16-33)22-9-11-23(12-10-22)35-19-26(27-28(30)31-20-32-29(27)35)21-7-13-25(14-8-21)36-24-5-3-2-4-6-24;1-3-4-2/h2-8,13-14,19-20,22-23H,9-12,15-18H2,1H3,(H2,30,31,32);3-4H,1-2H3/b;4-3-. The van der Waals surface area contributed by atoms with Crippen molar-refractivity contribution in [2.75, 3.05) is 39.0 Å². The zero-order valence-electron chi connectivity index (χ0n) is 24.0. The number of anilines is 1. The number of ether oxygens (including phenoxy) is 1. The zero-order chi connectivity index (χ0) is 27.9. The predicted molar refractivity (Wildman–Crippen MR) is 165 cm³/mol. The van der Waals surface area contributed by atoms with Crippen LogP contribution in [0, 0.1) is 0 Å². The quantitative estimate of drug-likeness (QED) is 0.282. The van der Waals surface area contributed by atoms with Crippen molar-refractivity contribution in [2.24, 2.45) is 0 Å². The number of likely N-dealkylation sites (N-methyl/N-ethyl adjacent to an activating group) is 1. The number of nitrogens with zero attached hydrogens (tertiary/aromatic N) is 5. The van der Waals surface area contributed by atoms with Gasteiger partial charge in [0.1, 0.15) is 29.3 Å². The molecular weight excluding hydrogens is 496 g/mol. The highest BCUT2D eigenvalue weighted by Crippen LogP contribution is 2.39. The van der Waals surface area contributed by atoms with Gasteiger partial charge in [0, 0.05) is 50.0 Å². The molecule has 1 aliphatic carbocycles. The summed E-state index contributed by atoms with van der Waals surface area (Å²) in [7, 11) is 2.22. The molecule has 2 fully saturated rings. The Morgan fingerprint density at radius 1 is 0.800 bits per heavy atom. The summed E-state index contributed by atoms with van der Waals surface area (Å²) in [6.07, 6.45) is 12.6. The van der Waals surface area contributed by atoms with Gasteiger partial charge in [-0.05, 0) is 76.4 Å². The van der Waals surface area contributed by atoms with E-state index in [1.54, 1.807) is 6.33 Å². The van der Waals surface area contributed by atoms with Gasteiger partial charge in [0.25, 0.3) is 0 Å². The lowest BCUT2D eigenvalue weighted by Gasteiger charge is -2.41. The molecule has 0 bridgehead atoms. The maximum Gasteiger partial charge on any atom is 0.146 e. The van der Waals surface area contributed by atoms with E-state index in [0.29, 0.717) is 17.9 Å². The van der Waals surface area contributed by atoms with Crippen molar-refractivity contribution in [3.05, 3.63) is 79.3 Å². The van der Waals surface area contributed by atoms with Gasteiger partial charge < -0.3 is 19.9 Å². The molecule has 0 spiro atoms. The highest BCUT2D eigenvalue weighted by Gasteiger charge is 2.29. The fraction of sp³-hybridized carbons (Fsp3) is 0.394. The second-order valence-electron chi connectivity index (χ2n) is 10.8. The topological polar surface area (TPSA) is 72.4 Å². The van der Waals surface area contributed by atoms with Crippen LogP contribution >= 0.6 is 0 Å². The summed E-state index contributed by atoms with van der Waals surface area (Å²) < 4.78 is 8.34. The fourth-order valence-electron chi connectivity index (χ4n) is 5.82. The minimum atomic E-state index is 0.431. The first kappa shape index (κ1) is 27.9. The minimum Gasteiger partial charge on any atom is -0.457 e. The summed E-state index contributed by atoms with van der Waals surface area (Å²) in [5.74, 6) is 2.16. The second kappa shape index (κ2) is 13.1. The van der Waals surface area contributed by atoms with Crippen LogP contribution in [0.15, 0.2) is 79.3 Å². The molecule has 0 unspecified atom stereocenters. The first-order chi connectivity index (χ1) is 19.6. The number of hydrogen-bond donors (Lipinski definition) is 1. The van der Waals surface area contributed by atoms with Crippen LogP contribution in [0.2, 0.25) is 0 Å². The molecule has 0 radical (unpaired) electrons. The predicted octanol–water partition coefficient (Wildman–Crippen LogP) is 6.79. The lowest BCUT2D eigenvalue weighted by atomic mass is 9.89. The van der Waals surface area contributed by atoms with Gasteiger partial charge in [-0.15, -0.1) is 0 Å². The highest BCUT2D eigenvalue weighted by atomic mass is 16.5. The number of rotatable bonds is 5. The normalized spacial score (nSPS) is 20.4. The van der Waals surface area contributed by atoms with E-state index in [1.807, 2.05) is 68.5 Å². The molecule has 7 nitrogen and oxygen atoms in total. The van der Waals surface area contributed by atoms with E-state index in [0.717, 1.165) is 46.5 Å². The average molecular weight is 539 g/mol. The lowest BCUT2D eigenvalue weighted by Crippen LogP contribution is -2.49. The van der Waals surface area contributed by atoms with Gasteiger partial charge in [0.15, 0.2) is 0 Å². The molecule has 210 valence electrons. The molecule has 1 aliphatic heterocycles. The van der Waals surface area contributed by atoms with Crippen molar-refractivity contribution >= 4 is 16.9 Å². The summed E-state index contributed by atoms with van der Waals surface area (Å²) in [5, 5.41) is 0.940. The van der Waals surface area contributed by atoms with Crippen LogP contribution in [0.25, 0.3) is 22.2 Å². The smallest absolute Gasteiger partial charge is 0.146 e. The Labute approximate surface area is 238 Å². The minimum absolute atomic E-state index is 0.431. The molecule has 7 heteroatoms. The Hall–Kier alpha value is -3.68. The molecule has 2 aliphatic rings. The molecule has 0 atom stereocenters. The zero-order valence-corrected chi connectivity index (χ0v) is 24.0. The Kier molecular flexibility index (Phi) is 9.14. The van der Waals surface area contributed by atoms with E-state index in [4.69, 9.17) is 10.5 Å². The number of nitrogens with two attached hydrogens (primary N) is 1. The second-order valence-corrected chi connectivity index (χ2v) is 10.8. The number of nitrogen functional groups attached to an aromatic ring is 1. The Bertz CT molecular complexity index is 1380. The first-order valence-corrected chi connectivity index (χ1v) is 14.5. The van der Waals surface area contributed by atoms with Gasteiger partial charge in [0.2, 0.25) is 0 Å². The number of piperazine rings is 1. The summed E-state index contributed by atoms with van der Waals surface area (Å²) in [4.78, 5) is 14.1. The van der Waals surface area contributed by atoms with Crippen molar-refractivity contribution in [1.82, 2.24) is 24.3 Å². The van der Waals surface area contributed by atoms with E-state index in [1.165, 1.54) is 39.0 Å². The number of aromatic nitrogens is 3. The maximum absolute atomic E-state index is 6.40. The number of benzene rings is 2. The van der Waals surface area contributed by atoms with Crippen molar-refractivity contribution in [3.8, 4) is 22.6 Å². The van der Waals surface area contributed by atoms with E-state index >= 15 is 0 Å². The summed E-state index contributed by atoms with van der Waals surface area (Å²) >= 11 is 0. The molecule has 40 heavy (non-hydrogen) atoms. The van der Waals surface area contributed by atoms with E-state index in [2.05, 4.69) is 49.7 Å². The van der Waals surface area contributed by atoms with Crippen LogP contribution in [-0.4, -0.2) is 63.6 Å². The molecular formula is C33H42N6O. The highest BCUT2D eigenvalue weighted by molar-refractivity contribution is 6.00. The van der Waals surface area contributed by atoms with Crippen LogP contribution in [0.4, 0.5) is 5.82 Å². The Balaban J connectivity index is 0.000000758. The lowest BCUT2D eigenvalue weighted by molar-refractivity contribution is 0.0828. The number of fused-ring (bicyclic) bond motifs is 1. The fourth-order valence-corrected chi connectivity index (χ4v) is 5.82. The third-order valence-corrected chi connectivity index (χ3v) is 8.23. The molecule has 1 saturated carbocycles. The van der Waals surface area contributed by atoms with Gasteiger partial charge in [-0.25, -0.2) is 9.97 Å². The number of para-hydroxylation sites is 1. The molecule has 3 heterocycles. The third kappa shape index (κ3) is 6.37. The van der Waals surface area contributed by atoms with Gasteiger partial charge in [-0.1, -0.05) is 42.5 Å². The van der Waals surface area contributed by atoms with E-state index in [-0.39, 0.29) is 0 Å². The van der Waals surface area contributed by atoms with Crippen LogP contribution in [0.1, 0.15) is 45.6 Å².